The first kappa shape index (κ1) is 25.6. The predicted molar refractivity (Wildman–Crippen MR) is 138 cm³/mol. The van der Waals surface area contributed by atoms with E-state index in [9.17, 15) is 0 Å². The number of halogens is 1. The number of nitrogens with one attached hydrogen (secondary N) is 2. The fourth-order valence-electron chi connectivity index (χ4n) is 3.90. The normalized spacial score (nSPS) is 16.1. The van der Waals surface area contributed by atoms with E-state index in [0.29, 0.717) is 5.92 Å². The molecule has 0 amide bonds. The topological polar surface area (TPSA) is 65.7 Å². The SMILES string of the molecule is CN=C(NCC1CCN(Cc2nc(C)c(C)o2)CC1)NCC(C)(C)c1ccccc1.I. The van der Waals surface area contributed by atoms with Crippen LogP contribution < -0.4 is 10.6 Å². The van der Waals surface area contributed by atoms with Crippen LogP contribution in [0, 0.1) is 19.8 Å². The number of piperidine rings is 1. The molecule has 0 radical (unpaired) electrons. The molecule has 0 unspecified atom stereocenters. The summed E-state index contributed by atoms with van der Waals surface area (Å²) in [6.07, 6.45) is 2.36. The summed E-state index contributed by atoms with van der Waals surface area (Å²) in [6, 6.07) is 10.6. The molecular formula is C24H38IN5O. The summed E-state index contributed by atoms with van der Waals surface area (Å²) in [5, 5.41) is 7.03. The predicted octanol–water partition coefficient (Wildman–Crippen LogP) is 4.26. The van der Waals surface area contributed by atoms with Gasteiger partial charge in [-0.3, -0.25) is 9.89 Å². The summed E-state index contributed by atoms with van der Waals surface area (Å²) in [6.45, 7) is 13.3. The van der Waals surface area contributed by atoms with Crippen molar-refractivity contribution in [3.63, 3.8) is 0 Å². The number of hydrogen-bond donors (Lipinski definition) is 2. The van der Waals surface area contributed by atoms with Crippen molar-refractivity contribution in [2.45, 2.75) is 52.5 Å². The molecule has 2 aromatic rings. The number of aliphatic imine (C=N–C) groups is 1. The van der Waals surface area contributed by atoms with E-state index in [0.717, 1.165) is 56.0 Å². The van der Waals surface area contributed by atoms with Gasteiger partial charge in [0.05, 0.1) is 12.2 Å². The maximum absolute atomic E-state index is 5.73. The van der Waals surface area contributed by atoms with Crippen molar-refractivity contribution in [1.29, 1.82) is 0 Å². The van der Waals surface area contributed by atoms with E-state index in [-0.39, 0.29) is 29.4 Å². The van der Waals surface area contributed by atoms with Gasteiger partial charge in [-0.15, -0.1) is 24.0 Å². The summed E-state index contributed by atoms with van der Waals surface area (Å²) in [4.78, 5) is 11.4. The van der Waals surface area contributed by atoms with Crippen molar-refractivity contribution in [2.75, 3.05) is 33.2 Å². The summed E-state index contributed by atoms with van der Waals surface area (Å²) >= 11 is 0. The van der Waals surface area contributed by atoms with E-state index in [1.807, 2.05) is 20.9 Å². The van der Waals surface area contributed by atoms with Gasteiger partial charge in [0.2, 0.25) is 5.89 Å². The number of oxazole rings is 1. The van der Waals surface area contributed by atoms with Crippen molar-refractivity contribution in [2.24, 2.45) is 10.9 Å². The first-order chi connectivity index (χ1) is 14.4. The number of likely N-dealkylation sites (tertiary alicyclic amines) is 1. The molecule has 172 valence electrons. The average Bonchev–Trinajstić information content (AvgIpc) is 3.06. The maximum Gasteiger partial charge on any atom is 0.208 e. The van der Waals surface area contributed by atoms with Crippen molar-refractivity contribution < 1.29 is 4.42 Å². The van der Waals surface area contributed by atoms with Gasteiger partial charge in [0.25, 0.3) is 0 Å². The van der Waals surface area contributed by atoms with Crippen LogP contribution in [0.4, 0.5) is 0 Å². The quantitative estimate of drug-likeness (QED) is 0.313. The Morgan fingerprint density at radius 2 is 1.84 bits per heavy atom. The van der Waals surface area contributed by atoms with Crippen molar-refractivity contribution in [1.82, 2.24) is 20.5 Å². The van der Waals surface area contributed by atoms with Crippen LogP contribution in [-0.2, 0) is 12.0 Å². The fourth-order valence-corrected chi connectivity index (χ4v) is 3.90. The minimum absolute atomic E-state index is 0. The molecule has 0 aliphatic carbocycles. The number of rotatable bonds is 7. The van der Waals surface area contributed by atoms with Crippen LogP contribution >= 0.6 is 24.0 Å². The lowest BCUT2D eigenvalue weighted by Gasteiger charge is -2.32. The fraction of sp³-hybridized carbons (Fsp3) is 0.583. The Kier molecular flexibility index (Phi) is 9.81. The Labute approximate surface area is 204 Å². The molecule has 1 fully saturated rings. The van der Waals surface area contributed by atoms with Crippen LogP contribution in [0.25, 0.3) is 0 Å². The molecule has 2 N–H and O–H groups in total. The van der Waals surface area contributed by atoms with Gasteiger partial charge >= 0.3 is 0 Å². The molecule has 0 atom stereocenters. The number of nitrogens with zero attached hydrogens (tertiary/aromatic N) is 3. The Bertz CT molecular complexity index is 806. The minimum atomic E-state index is 0. The van der Waals surface area contributed by atoms with Gasteiger partial charge in [-0.1, -0.05) is 44.2 Å². The van der Waals surface area contributed by atoms with Crippen LogP contribution in [0.2, 0.25) is 0 Å². The molecule has 1 aliphatic heterocycles. The molecule has 2 heterocycles. The Morgan fingerprint density at radius 1 is 1.16 bits per heavy atom. The third-order valence-corrected chi connectivity index (χ3v) is 6.17. The van der Waals surface area contributed by atoms with E-state index in [1.54, 1.807) is 0 Å². The van der Waals surface area contributed by atoms with Crippen LogP contribution in [0.1, 0.15) is 49.6 Å². The van der Waals surface area contributed by atoms with Gasteiger partial charge in [-0.25, -0.2) is 4.98 Å². The average molecular weight is 540 g/mol. The van der Waals surface area contributed by atoms with E-state index < -0.39 is 0 Å². The largest absolute Gasteiger partial charge is 0.444 e. The highest BCUT2D eigenvalue weighted by molar-refractivity contribution is 14.0. The van der Waals surface area contributed by atoms with Crippen molar-refractivity contribution >= 4 is 29.9 Å². The monoisotopic (exact) mass is 539 g/mol. The highest BCUT2D eigenvalue weighted by atomic mass is 127. The molecular weight excluding hydrogens is 501 g/mol. The zero-order valence-corrected chi connectivity index (χ0v) is 21.9. The van der Waals surface area contributed by atoms with Crippen molar-refractivity contribution in [3.05, 3.63) is 53.2 Å². The molecule has 0 saturated carbocycles. The number of benzene rings is 1. The van der Waals surface area contributed by atoms with E-state index in [2.05, 4.69) is 69.7 Å². The molecule has 1 aromatic heterocycles. The summed E-state index contributed by atoms with van der Waals surface area (Å²) in [5.74, 6) is 3.31. The third kappa shape index (κ3) is 7.49. The van der Waals surface area contributed by atoms with Gasteiger partial charge in [-0.05, 0) is 51.3 Å². The maximum atomic E-state index is 5.73. The standard InChI is InChI=1S/C24H37N5O.HI/c1-18-19(2)30-22(28-18)16-29-13-11-20(12-14-29)15-26-23(25-5)27-17-24(3,4)21-9-7-6-8-10-21;/h6-10,20H,11-17H2,1-5H3,(H2,25,26,27);1H. The Morgan fingerprint density at radius 3 is 2.42 bits per heavy atom. The lowest BCUT2D eigenvalue weighted by atomic mass is 9.85. The highest BCUT2D eigenvalue weighted by Crippen LogP contribution is 2.22. The number of aryl methyl sites for hydroxylation is 2. The molecule has 1 aromatic carbocycles. The highest BCUT2D eigenvalue weighted by Gasteiger charge is 2.23. The molecule has 1 aliphatic rings. The zero-order chi connectivity index (χ0) is 21.6. The van der Waals surface area contributed by atoms with Gasteiger partial charge in [0.1, 0.15) is 5.76 Å². The Hall–Kier alpha value is -1.61. The molecule has 6 nitrogen and oxygen atoms in total. The first-order valence-corrected chi connectivity index (χ1v) is 11.0. The van der Waals surface area contributed by atoms with Crippen LogP contribution in [0.15, 0.2) is 39.7 Å². The van der Waals surface area contributed by atoms with Crippen LogP contribution in [0.3, 0.4) is 0 Å². The Balaban J connectivity index is 0.00000341. The van der Waals surface area contributed by atoms with Crippen molar-refractivity contribution in [3.8, 4) is 0 Å². The van der Waals surface area contributed by atoms with Crippen LogP contribution in [0.5, 0.6) is 0 Å². The smallest absolute Gasteiger partial charge is 0.208 e. The van der Waals surface area contributed by atoms with Gasteiger partial charge in [0.15, 0.2) is 5.96 Å². The van der Waals surface area contributed by atoms with E-state index in [1.165, 1.54) is 18.4 Å². The second-order valence-electron chi connectivity index (χ2n) is 9.03. The summed E-state index contributed by atoms with van der Waals surface area (Å²) < 4.78 is 5.73. The first-order valence-electron chi connectivity index (χ1n) is 11.0. The molecule has 31 heavy (non-hydrogen) atoms. The van der Waals surface area contributed by atoms with Gasteiger partial charge in [0, 0.05) is 25.6 Å². The van der Waals surface area contributed by atoms with E-state index in [4.69, 9.17) is 4.42 Å². The number of hydrogen-bond acceptors (Lipinski definition) is 4. The molecule has 0 bridgehead atoms. The molecule has 7 heteroatoms. The second kappa shape index (κ2) is 11.9. The van der Waals surface area contributed by atoms with Gasteiger partial charge in [-0.2, -0.15) is 0 Å². The molecule has 0 spiro atoms. The molecule has 3 rings (SSSR count). The second-order valence-corrected chi connectivity index (χ2v) is 9.03. The summed E-state index contributed by atoms with van der Waals surface area (Å²) in [5.41, 5.74) is 2.37. The zero-order valence-electron chi connectivity index (χ0n) is 19.6. The summed E-state index contributed by atoms with van der Waals surface area (Å²) in [7, 11) is 1.84. The van der Waals surface area contributed by atoms with Gasteiger partial charge < -0.3 is 15.1 Å². The third-order valence-electron chi connectivity index (χ3n) is 6.17. The van der Waals surface area contributed by atoms with E-state index >= 15 is 0 Å². The minimum Gasteiger partial charge on any atom is -0.444 e. The van der Waals surface area contributed by atoms with Crippen LogP contribution in [-0.4, -0.2) is 49.1 Å². The number of guanidine groups is 1. The lowest BCUT2D eigenvalue weighted by molar-refractivity contribution is 0.164. The molecule has 1 saturated heterocycles. The lowest BCUT2D eigenvalue weighted by Crippen LogP contribution is -2.46. The number of aromatic nitrogens is 1.